The SMILES string of the molecule is C=CC(=O)OC(Cl)CCCC. The summed E-state index contributed by atoms with van der Waals surface area (Å²) in [6, 6.07) is 0. The summed E-state index contributed by atoms with van der Waals surface area (Å²) < 4.78 is 4.71. The Hall–Kier alpha value is -0.500. The lowest BCUT2D eigenvalue weighted by Gasteiger charge is -2.07. The maximum absolute atomic E-state index is 10.6. The molecule has 0 heterocycles. The summed E-state index contributed by atoms with van der Waals surface area (Å²) in [6.07, 6.45) is 3.84. The highest BCUT2D eigenvalue weighted by molar-refractivity contribution is 6.20. The minimum absolute atomic E-state index is 0.457. The summed E-state index contributed by atoms with van der Waals surface area (Å²) in [5.41, 5.74) is -0.500. The molecule has 0 amide bonds. The van der Waals surface area contributed by atoms with Gasteiger partial charge in [0.25, 0.3) is 0 Å². The van der Waals surface area contributed by atoms with Crippen LogP contribution in [0.25, 0.3) is 0 Å². The quantitative estimate of drug-likeness (QED) is 0.366. The van der Waals surface area contributed by atoms with Crippen molar-refractivity contribution >= 4 is 17.6 Å². The van der Waals surface area contributed by atoms with E-state index in [4.69, 9.17) is 16.3 Å². The van der Waals surface area contributed by atoms with E-state index in [0.717, 1.165) is 18.9 Å². The van der Waals surface area contributed by atoms with Gasteiger partial charge in [0.05, 0.1) is 0 Å². The van der Waals surface area contributed by atoms with Crippen LogP contribution in [0.2, 0.25) is 0 Å². The topological polar surface area (TPSA) is 26.3 Å². The van der Waals surface area contributed by atoms with Crippen LogP contribution in [0, 0.1) is 0 Å². The Bertz CT molecular complexity index is 134. The minimum atomic E-state index is -0.500. The average molecular weight is 177 g/mol. The van der Waals surface area contributed by atoms with Crippen LogP contribution in [0.5, 0.6) is 0 Å². The molecular weight excluding hydrogens is 164 g/mol. The van der Waals surface area contributed by atoms with E-state index >= 15 is 0 Å². The molecule has 64 valence electrons. The number of halogens is 1. The molecule has 0 aromatic carbocycles. The molecule has 0 saturated heterocycles. The normalized spacial score (nSPS) is 12.2. The van der Waals surface area contributed by atoms with E-state index in [2.05, 4.69) is 13.5 Å². The van der Waals surface area contributed by atoms with Crippen LogP contribution in [0.3, 0.4) is 0 Å². The molecule has 0 radical (unpaired) electrons. The summed E-state index contributed by atoms with van der Waals surface area (Å²) in [4.78, 5) is 10.6. The number of ether oxygens (including phenoxy) is 1. The van der Waals surface area contributed by atoms with Gasteiger partial charge in [-0.05, 0) is 12.8 Å². The zero-order valence-corrected chi connectivity index (χ0v) is 7.43. The van der Waals surface area contributed by atoms with E-state index in [1.807, 2.05) is 0 Å². The fourth-order valence-corrected chi connectivity index (χ4v) is 0.840. The van der Waals surface area contributed by atoms with Crippen molar-refractivity contribution in [1.82, 2.24) is 0 Å². The Morgan fingerprint density at radius 1 is 1.82 bits per heavy atom. The first-order valence-electron chi connectivity index (χ1n) is 3.67. The Morgan fingerprint density at radius 2 is 2.45 bits per heavy atom. The molecule has 1 unspecified atom stereocenters. The van der Waals surface area contributed by atoms with Gasteiger partial charge in [0.1, 0.15) is 0 Å². The number of hydrogen-bond acceptors (Lipinski definition) is 2. The summed E-state index contributed by atoms with van der Waals surface area (Å²) >= 11 is 5.64. The van der Waals surface area contributed by atoms with Gasteiger partial charge >= 0.3 is 5.97 Å². The molecular formula is C8H13ClO2. The van der Waals surface area contributed by atoms with Crippen LogP contribution in [0.4, 0.5) is 0 Å². The van der Waals surface area contributed by atoms with E-state index in [0.29, 0.717) is 6.42 Å². The lowest BCUT2D eigenvalue weighted by molar-refractivity contribution is -0.139. The fraction of sp³-hybridized carbons (Fsp3) is 0.625. The molecule has 0 aliphatic carbocycles. The molecule has 0 aromatic heterocycles. The number of unbranched alkanes of at least 4 members (excludes halogenated alkanes) is 1. The Balaban J connectivity index is 3.43. The van der Waals surface area contributed by atoms with E-state index in [9.17, 15) is 4.79 Å². The molecule has 0 bridgehead atoms. The minimum Gasteiger partial charge on any atom is -0.443 e. The molecule has 11 heavy (non-hydrogen) atoms. The summed E-state index contributed by atoms with van der Waals surface area (Å²) in [6.45, 7) is 5.32. The van der Waals surface area contributed by atoms with E-state index in [1.165, 1.54) is 0 Å². The van der Waals surface area contributed by atoms with Crippen LogP contribution in [-0.2, 0) is 9.53 Å². The van der Waals surface area contributed by atoms with Crippen molar-refractivity contribution in [2.24, 2.45) is 0 Å². The Morgan fingerprint density at radius 3 is 2.91 bits per heavy atom. The van der Waals surface area contributed by atoms with Gasteiger partial charge in [-0.1, -0.05) is 31.5 Å². The number of esters is 1. The van der Waals surface area contributed by atoms with Gasteiger partial charge in [0.2, 0.25) is 0 Å². The number of alkyl halides is 1. The third kappa shape index (κ3) is 5.92. The van der Waals surface area contributed by atoms with Crippen LogP contribution in [0.15, 0.2) is 12.7 Å². The molecule has 0 N–H and O–H groups in total. The Kier molecular flexibility index (Phi) is 5.94. The third-order valence-corrected chi connectivity index (χ3v) is 1.50. The largest absolute Gasteiger partial charge is 0.443 e. The van der Waals surface area contributed by atoms with Crippen LogP contribution in [0.1, 0.15) is 26.2 Å². The van der Waals surface area contributed by atoms with Gasteiger partial charge in [-0.2, -0.15) is 0 Å². The van der Waals surface area contributed by atoms with Gasteiger partial charge < -0.3 is 4.74 Å². The maximum Gasteiger partial charge on any atom is 0.331 e. The van der Waals surface area contributed by atoms with Crippen LogP contribution < -0.4 is 0 Å². The monoisotopic (exact) mass is 176 g/mol. The molecule has 0 saturated carbocycles. The average Bonchev–Trinajstić information content (AvgIpc) is 2.00. The molecule has 3 heteroatoms. The molecule has 0 fully saturated rings. The van der Waals surface area contributed by atoms with Crippen molar-refractivity contribution in [3.63, 3.8) is 0 Å². The zero-order valence-electron chi connectivity index (χ0n) is 6.68. The maximum atomic E-state index is 10.6. The number of carbonyl (C=O) groups excluding carboxylic acids is 1. The molecule has 0 aromatic rings. The fourth-order valence-electron chi connectivity index (χ4n) is 0.598. The van der Waals surface area contributed by atoms with Gasteiger partial charge in [-0.15, -0.1) is 0 Å². The lowest BCUT2D eigenvalue weighted by Crippen LogP contribution is -2.09. The zero-order chi connectivity index (χ0) is 8.69. The van der Waals surface area contributed by atoms with Crippen LogP contribution in [-0.4, -0.2) is 11.5 Å². The summed E-state index contributed by atoms with van der Waals surface area (Å²) in [5.74, 6) is -0.457. The molecule has 1 atom stereocenters. The van der Waals surface area contributed by atoms with E-state index in [1.54, 1.807) is 0 Å². The smallest absolute Gasteiger partial charge is 0.331 e. The molecule has 0 spiro atoms. The predicted octanol–water partition coefficient (Wildman–Crippen LogP) is 2.47. The van der Waals surface area contributed by atoms with Gasteiger partial charge in [0.15, 0.2) is 5.56 Å². The van der Waals surface area contributed by atoms with Crippen molar-refractivity contribution < 1.29 is 9.53 Å². The number of carbonyl (C=O) groups is 1. The molecule has 2 nitrogen and oxygen atoms in total. The van der Waals surface area contributed by atoms with Crippen molar-refractivity contribution in [3.8, 4) is 0 Å². The standard InChI is InChI=1S/C8H13ClO2/c1-3-5-6-7(9)11-8(10)4-2/h4,7H,2-3,5-6H2,1H3. The predicted molar refractivity (Wildman–Crippen MR) is 45.5 cm³/mol. The highest BCUT2D eigenvalue weighted by Crippen LogP contribution is 2.08. The highest BCUT2D eigenvalue weighted by atomic mass is 35.5. The van der Waals surface area contributed by atoms with Crippen molar-refractivity contribution in [1.29, 1.82) is 0 Å². The first kappa shape index (κ1) is 10.5. The van der Waals surface area contributed by atoms with Crippen molar-refractivity contribution in [3.05, 3.63) is 12.7 Å². The first-order chi connectivity index (χ1) is 5.20. The van der Waals surface area contributed by atoms with Gasteiger partial charge in [-0.3, -0.25) is 0 Å². The number of hydrogen-bond donors (Lipinski definition) is 0. The molecule has 0 aliphatic heterocycles. The summed E-state index contributed by atoms with van der Waals surface area (Å²) in [5, 5.41) is 0. The second kappa shape index (κ2) is 6.23. The van der Waals surface area contributed by atoms with Crippen LogP contribution >= 0.6 is 11.6 Å². The van der Waals surface area contributed by atoms with E-state index in [-0.39, 0.29) is 0 Å². The van der Waals surface area contributed by atoms with Gasteiger partial charge in [-0.25, -0.2) is 4.79 Å². The Labute approximate surface area is 72.2 Å². The number of rotatable bonds is 5. The highest BCUT2D eigenvalue weighted by Gasteiger charge is 2.06. The molecule has 0 aliphatic rings. The molecule has 0 rings (SSSR count). The third-order valence-electron chi connectivity index (χ3n) is 1.20. The van der Waals surface area contributed by atoms with Gasteiger partial charge in [0, 0.05) is 6.08 Å². The second-order valence-corrected chi connectivity index (χ2v) is 2.68. The second-order valence-electron chi connectivity index (χ2n) is 2.19. The van der Waals surface area contributed by atoms with Crippen molar-refractivity contribution in [2.45, 2.75) is 31.7 Å². The summed E-state index contributed by atoms with van der Waals surface area (Å²) in [7, 11) is 0. The lowest BCUT2D eigenvalue weighted by atomic mass is 10.3. The van der Waals surface area contributed by atoms with E-state index < -0.39 is 11.5 Å². The first-order valence-corrected chi connectivity index (χ1v) is 4.11. The van der Waals surface area contributed by atoms with Crippen molar-refractivity contribution in [2.75, 3.05) is 0 Å².